The number of anilines is 1. The molecular weight excluding hydrogens is 489 g/mol. The average Bonchev–Trinajstić information content (AvgIpc) is 3.55. The van der Waals surface area contributed by atoms with Crippen LogP contribution in [0.3, 0.4) is 0 Å². The smallest absolute Gasteiger partial charge is 0.322 e. The third kappa shape index (κ3) is 7.24. The molecule has 1 aliphatic heterocycles. The van der Waals surface area contributed by atoms with Crippen LogP contribution in [0.25, 0.3) is 0 Å². The highest BCUT2D eigenvalue weighted by Gasteiger charge is 2.27. The predicted molar refractivity (Wildman–Crippen MR) is 135 cm³/mol. The lowest BCUT2D eigenvalue weighted by atomic mass is 10.2. The second-order valence-electron chi connectivity index (χ2n) is 8.38. The molecule has 1 aliphatic rings. The van der Waals surface area contributed by atoms with Gasteiger partial charge in [-0.3, -0.25) is 4.79 Å². The molecule has 7 nitrogen and oxygen atoms in total. The summed E-state index contributed by atoms with van der Waals surface area (Å²) < 4.78 is 11.2. The molecule has 184 valence electrons. The van der Waals surface area contributed by atoms with Crippen molar-refractivity contribution < 1.29 is 18.7 Å². The molecule has 9 heteroatoms. The average molecular weight is 516 g/mol. The number of amides is 3. The van der Waals surface area contributed by atoms with Gasteiger partial charge in [-0.15, -0.1) is 0 Å². The van der Waals surface area contributed by atoms with Gasteiger partial charge in [-0.2, -0.15) is 0 Å². The first kappa shape index (κ1) is 25.1. The van der Waals surface area contributed by atoms with E-state index in [-0.39, 0.29) is 18.6 Å². The van der Waals surface area contributed by atoms with E-state index in [9.17, 15) is 9.59 Å². The van der Waals surface area contributed by atoms with Gasteiger partial charge < -0.3 is 24.3 Å². The van der Waals surface area contributed by atoms with Crippen molar-refractivity contribution in [3.63, 3.8) is 0 Å². The van der Waals surface area contributed by atoms with Crippen LogP contribution in [0.15, 0.2) is 71.3 Å². The fourth-order valence-corrected chi connectivity index (χ4v) is 4.38. The van der Waals surface area contributed by atoms with Crippen molar-refractivity contribution in [3.8, 4) is 0 Å². The van der Waals surface area contributed by atoms with Gasteiger partial charge in [0.2, 0.25) is 5.91 Å². The summed E-state index contributed by atoms with van der Waals surface area (Å²) in [7, 11) is 0. The number of carbonyl (C=O) groups is 2. The van der Waals surface area contributed by atoms with E-state index in [0.29, 0.717) is 47.7 Å². The molecule has 1 saturated heterocycles. The molecule has 1 aromatic heterocycles. The van der Waals surface area contributed by atoms with Crippen molar-refractivity contribution in [1.29, 1.82) is 0 Å². The summed E-state index contributed by atoms with van der Waals surface area (Å²) in [4.78, 5) is 29.9. The number of halogens is 2. The molecule has 1 N–H and O–H groups in total. The Bertz CT molecular complexity index is 1120. The van der Waals surface area contributed by atoms with Crippen LogP contribution in [0.4, 0.5) is 10.5 Å². The zero-order chi connectivity index (χ0) is 24.6. The molecule has 1 unspecified atom stereocenters. The van der Waals surface area contributed by atoms with E-state index in [2.05, 4.69) is 5.32 Å². The summed E-state index contributed by atoms with van der Waals surface area (Å²) in [6.07, 6.45) is 3.21. The number of rotatable bonds is 9. The van der Waals surface area contributed by atoms with Crippen LogP contribution < -0.4 is 5.32 Å². The molecule has 3 aromatic rings. The summed E-state index contributed by atoms with van der Waals surface area (Å²) >= 11 is 12.2. The SMILES string of the molecule is O=C(CN(CC1CCCO1)C(=O)Nc1ccc(Cl)cc1Cl)N(Cc1ccccc1)Cc1ccco1. The highest BCUT2D eigenvalue weighted by Crippen LogP contribution is 2.26. The minimum atomic E-state index is -0.435. The minimum absolute atomic E-state index is 0.121. The monoisotopic (exact) mass is 515 g/mol. The van der Waals surface area contributed by atoms with Crippen LogP contribution in [0.5, 0.6) is 0 Å². The van der Waals surface area contributed by atoms with Crippen LogP contribution in [0.1, 0.15) is 24.2 Å². The molecular formula is C26H27Cl2N3O4. The number of nitrogens with one attached hydrogen (secondary N) is 1. The summed E-state index contributed by atoms with van der Waals surface area (Å²) in [5.74, 6) is 0.456. The van der Waals surface area contributed by atoms with Gasteiger partial charge in [-0.05, 0) is 48.7 Å². The summed E-state index contributed by atoms with van der Waals surface area (Å²) in [5, 5.41) is 3.59. The maximum absolute atomic E-state index is 13.5. The molecule has 4 rings (SSSR count). The van der Waals surface area contributed by atoms with Crippen molar-refractivity contribution in [3.05, 3.63) is 88.3 Å². The van der Waals surface area contributed by atoms with Crippen LogP contribution >= 0.6 is 23.2 Å². The standard InChI is InChI=1S/C26H27Cl2N3O4/c27-20-10-11-24(23(28)14-20)29-26(33)31(17-22-9-5-13-35-22)18-25(32)30(16-21-8-4-12-34-21)15-19-6-2-1-3-7-19/h1-4,6-8,10-12,14,22H,5,9,13,15-18H2,(H,29,33). The van der Waals surface area contributed by atoms with E-state index in [0.717, 1.165) is 18.4 Å². The Hall–Kier alpha value is -3.00. The molecule has 0 radical (unpaired) electrons. The van der Waals surface area contributed by atoms with E-state index in [4.69, 9.17) is 32.4 Å². The molecule has 1 fully saturated rings. The second-order valence-corrected chi connectivity index (χ2v) is 9.23. The van der Waals surface area contributed by atoms with E-state index in [1.807, 2.05) is 36.4 Å². The highest BCUT2D eigenvalue weighted by molar-refractivity contribution is 6.36. The number of benzene rings is 2. The molecule has 2 aromatic carbocycles. The van der Waals surface area contributed by atoms with Crippen LogP contribution in [0, 0.1) is 0 Å². The number of carbonyl (C=O) groups excluding carboxylic acids is 2. The molecule has 0 bridgehead atoms. The first-order valence-electron chi connectivity index (χ1n) is 11.4. The van der Waals surface area contributed by atoms with Crippen molar-refractivity contribution in [2.24, 2.45) is 0 Å². The number of urea groups is 1. The quantitative estimate of drug-likeness (QED) is 0.389. The molecule has 0 spiro atoms. The summed E-state index contributed by atoms with van der Waals surface area (Å²) in [6, 6.07) is 17.7. The van der Waals surface area contributed by atoms with E-state index < -0.39 is 6.03 Å². The Kier molecular flexibility index (Phi) is 8.69. The normalized spacial score (nSPS) is 15.1. The minimum Gasteiger partial charge on any atom is -0.467 e. The van der Waals surface area contributed by atoms with Gasteiger partial charge in [-0.25, -0.2) is 4.79 Å². The fourth-order valence-electron chi connectivity index (χ4n) is 3.93. The van der Waals surface area contributed by atoms with Gasteiger partial charge in [0.15, 0.2) is 0 Å². The van der Waals surface area contributed by atoms with Gasteiger partial charge in [0.1, 0.15) is 12.3 Å². The Morgan fingerprint density at radius 1 is 1.00 bits per heavy atom. The molecule has 3 amide bonds. The van der Waals surface area contributed by atoms with Gasteiger partial charge in [0.05, 0.1) is 29.6 Å². The molecule has 1 atom stereocenters. The van der Waals surface area contributed by atoms with Crippen molar-refractivity contribution in [2.45, 2.75) is 32.0 Å². The lowest BCUT2D eigenvalue weighted by Crippen LogP contribution is -2.46. The number of ether oxygens (including phenoxy) is 1. The Balaban J connectivity index is 1.51. The number of nitrogens with zero attached hydrogens (tertiary/aromatic N) is 2. The number of hydrogen-bond donors (Lipinski definition) is 1. The van der Waals surface area contributed by atoms with Crippen LogP contribution in [0.2, 0.25) is 10.0 Å². The van der Waals surface area contributed by atoms with Crippen molar-refractivity contribution >= 4 is 40.8 Å². The van der Waals surface area contributed by atoms with Crippen LogP contribution in [-0.4, -0.2) is 47.5 Å². The second kappa shape index (κ2) is 12.1. The number of furan rings is 1. The Labute approximate surface area is 214 Å². The van der Waals surface area contributed by atoms with Gasteiger partial charge >= 0.3 is 6.03 Å². The maximum atomic E-state index is 13.5. The first-order valence-corrected chi connectivity index (χ1v) is 12.2. The zero-order valence-electron chi connectivity index (χ0n) is 19.2. The highest BCUT2D eigenvalue weighted by atomic mass is 35.5. The first-order chi connectivity index (χ1) is 17.0. The fraction of sp³-hybridized carbons (Fsp3) is 0.308. The predicted octanol–water partition coefficient (Wildman–Crippen LogP) is 5.83. The van der Waals surface area contributed by atoms with Crippen molar-refractivity contribution in [2.75, 3.05) is 25.0 Å². The summed E-state index contributed by atoms with van der Waals surface area (Å²) in [6.45, 7) is 1.50. The van der Waals surface area contributed by atoms with E-state index in [1.165, 1.54) is 4.90 Å². The third-order valence-corrected chi connectivity index (χ3v) is 6.28. The molecule has 0 saturated carbocycles. The van der Waals surface area contributed by atoms with E-state index >= 15 is 0 Å². The lowest BCUT2D eigenvalue weighted by Gasteiger charge is -2.29. The topological polar surface area (TPSA) is 75.0 Å². The molecule has 35 heavy (non-hydrogen) atoms. The zero-order valence-corrected chi connectivity index (χ0v) is 20.7. The Morgan fingerprint density at radius 2 is 1.83 bits per heavy atom. The van der Waals surface area contributed by atoms with Gasteiger partial charge in [0.25, 0.3) is 0 Å². The summed E-state index contributed by atoms with van der Waals surface area (Å²) in [5.41, 5.74) is 1.40. The lowest BCUT2D eigenvalue weighted by molar-refractivity contribution is -0.133. The maximum Gasteiger partial charge on any atom is 0.322 e. The largest absolute Gasteiger partial charge is 0.467 e. The van der Waals surface area contributed by atoms with Gasteiger partial charge in [0, 0.05) is 24.7 Å². The molecule has 2 heterocycles. The van der Waals surface area contributed by atoms with Crippen molar-refractivity contribution in [1.82, 2.24) is 9.80 Å². The molecule has 0 aliphatic carbocycles. The number of hydrogen-bond acceptors (Lipinski definition) is 4. The van der Waals surface area contributed by atoms with Gasteiger partial charge in [-0.1, -0.05) is 53.5 Å². The third-order valence-electron chi connectivity index (χ3n) is 5.73. The van der Waals surface area contributed by atoms with E-state index in [1.54, 1.807) is 35.4 Å². The van der Waals surface area contributed by atoms with Crippen LogP contribution in [-0.2, 0) is 22.6 Å². The Morgan fingerprint density at radius 3 is 2.51 bits per heavy atom.